The second kappa shape index (κ2) is 5.97. The minimum absolute atomic E-state index is 0.0532. The molecule has 3 fully saturated rings. The Balaban J connectivity index is 1.58. The maximum atomic E-state index is 12.3. The number of nitrogens with zero attached hydrogens (tertiary/aromatic N) is 1. The minimum atomic E-state index is -0.522. The van der Waals surface area contributed by atoms with Crippen LogP contribution in [-0.2, 0) is 14.3 Å². The number of amides is 3. The Hall–Kier alpha value is -1.34. The van der Waals surface area contributed by atoms with Crippen molar-refractivity contribution in [2.24, 2.45) is 0 Å². The van der Waals surface area contributed by atoms with Gasteiger partial charge in [-0.3, -0.25) is 4.79 Å². The molecule has 0 aromatic carbocycles. The third kappa shape index (κ3) is 3.21. The molecule has 2 heterocycles. The Morgan fingerprint density at radius 1 is 0.950 bits per heavy atom. The summed E-state index contributed by atoms with van der Waals surface area (Å²) >= 11 is 0. The Labute approximate surface area is 118 Å². The molecule has 3 aliphatic rings. The molecule has 0 spiro atoms. The zero-order valence-electron chi connectivity index (χ0n) is 11.5. The summed E-state index contributed by atoms with van der Waals surface area (Å²) in [4.78, 5) is 26.0. The first-order chi connectivity index (χ1) is 9.74. The van der Waals surface area contributed by atoms with E-state index in [-0.39, 0.29) is 30.6 Å². The SMILES string of the molecule is O=C(NC1CC1)C1COCCN1C(=O)NC1CCOC1. The van der Waals surface area contributed by atoms with Crippen molar-refractivity contribution in [2.75, 3.05) is 33.0 Å². The van der Waals surface area contributed by atoms with Gasteiger partial charge in [-0.25, -0.2) is 4.79 Å². The van der Waals surface area contributed by atoms with Gasteiger partial charge in [0.25, 0.3) is 0 Å². The Morgan fingerprint density at radius 2 is 1.75 bits per heavy atom. The third-order valence-electron chi connectivity index (χ3n) is 3.87. The van der Waals surface area contributed by atoms with E-state index in [1.165, 1.54) is 0 Å². The molecule has 2 saturated heterocycles. The lowest BCUT2D eigenvalue weighted by atomic mass is 10.2. The monoisotopic (exact) mass is 283 g/mol. The quantitative estimate of drug-likeness (QED) is 0.729. The van der Waals surface area contributed by atoms with Crippen molar-refractivity contribution >= 4 is 11.9 Å². The van der Waals surface area contributed by atoms with Crippen LogP contribution in [0, 0.1) is 0 Å². The van der Waals surface area contributed by atoms with Crippen LogP contribution in [0.3, 0.4) is 0 Å². The number of rotatable bonds is 3. The Kier molecular flexibility index (Phi) is 4.07. The third-order valence-corrected chi connectivity index (χ3v) is 3.87. The topological polar surface area (TPSA) is 79.9 Å². The molecule has 20 heavy (non-hydrogen) atoms. The number of carbonyl (C=O) groups excluding carboxylic acids is 2. The summed E-state index contributed by atoms with van der Waals surface area (Å²) in [5, 5.41) is 5.87. The smallest absolute Gasteiger partial charge is 0.318 e. The highest BCUT2D eigenvalue weighted by molar-refractivity contribution is 5.87. The standard InChI is InChI=1S/C13H21N3O4/c17-12(14-9-1-2-9)11-8-20-6-4-16(11)13(18)15-10-3-5-19-7-10/h9-11H,1-8H2,(H,14,17)(H,15,18). The number of hydrogen-bond acceptors (Lipinski definition) is 4. The van der Waals surface area contributed by atoms with E-state index >= 15 is 0 Å². The summed E-state index contributed by atoms with van der Waals surface area (Å²) in [5.74, 6) is -0.106. The number of morpholine rings is 1. The van der Waals surface area contributed by atoms with Crippen molar-refractivity contribution in [3.8, 4) is 0 Å². The van der Waals surface area contributed by atoms with E-state index in [1.807, 2.05) is 0 Å². The van der Waals surface area contributed by atoms with Gasteiger partial charge in [0.2, 0.25) is 5.91 Å². The molecule has 2 unspecified atom stereocenters. The van der Waals surface area contributed by atoms with Crippen LogP contribution in [0.4, 0.5) is 4.79 Å². The number of urea groups is 1. The van der Waals surface area contributed by atoms with Crippen LogP contribution in [0.25, 0.3) is 0 Å². The van der Waals surface area contributed by atoms with Crippen molar-refractivity contribution in [3.05, 3.63) is 0 Å². The molecule has 112 valence electrons. The maximum Gasteiger partial charge on any atom is 0.318 e. The van der Waals surface area contributed by atoms with Crippen LogP contribution >= 0.6 is 0 Å². The Bertz CT molecular complexity index is 380. The van der Waals surface area contributed by atoms with E-state index in [0.717, 1.165) is 19.3 Å². The summed E-state index contributed by atoms with van der Waals surface area (Å²) in [6.07, 6.45) is 2.89. The molecule has 2 aliphatic heterocycles. The molecular formula is C13H21N3O4. The maximum absolute atomic E-state index is 12.3. The lowest BCUT2D eigenvalue weighted by molar-refractivity contribution is -0.130. The minimum Gasteiger partial charge on any atom is -0.379 e. The zero-order chi connectivity index (χ0) is 13.9. The predicted molar refractivity (Wildman–Crippen MR) is 70.2 cm³/mol. The molecule has 0 aromatic heterocycles. The molecular weight excluding hydrogens is 262 g/mol. The van der Waals surface area contributed by atoms with E-state index in [1.54, 1.807) is 4.90 Å². The molecule has 2 N–H and O–H groups in total. The van der Waals surface area contributed by atoms with E-state index in [4.69, 9.17) is 9.47 Å². The Morgan fingerprint density at radius 3 is 2.45 bits per heavy atom. The van der Waals surface area contributed by atoms with Gasteiger partial charge in [-0.1, -0.05) is 0 Å². The van der Waals surface area contributed by atoms with Gasteiger partial charge in [0.15, 0.2) is 0 Å². The van der Waals surface area contributed by atoms with Crippen LogP contribution in [0.15, 0.2) is 0 Å². The summed E-state index contributed by atoms with van der Waals surface area (Å²) in [5.41, 5.74) is 0. The molecule has 1 saturated carbocycles. The first-order valence-electron chi connectivity index (χ1n) is 7.27. The summed E-state index contributed by atoms with van der Waals surface area (Å²) in [7, 11) is 0. The van der Waals surface area contributed by atoms with Gasteiger partial charge in [0.1, 0.15) is 6.04 Å². The number of nitrogens with one attached hydrogen (secondary N) is 2. The average Bonchev–Trinajstić information content (AvgIpc) is 3.12. The molecule has 1 aliphatic carbocycles. The summed E-state index contributed by atoms with van der Waals surface area (Å²) in [6.45, 7) is 2.42. The van der Waals surface area contributed by atoms with Crippen LogP contribution in [-0.4, -0.2) is 67.9 Å². The average molecular weight is 283 g/mol. The van der Waals surface area contributed by atoms with Gasteiger partial charge >= 0.3 is 6.03 Å². The van der Waals surface area contributed by atoms with Crippen molar-refractivity contribution in [1.29, 1.82) is 0 Å². The van der Waals surface area contributed by atoms with Gasteiger partial charge in [-0.05, 0) is 19.3 Å². The van der Waals surface area contributed by atoms with E-state index < -0.39 is 6.04 Å². The molecule has 3 rings (SSSR count). The molecule has 0 bridgehead atoms. The van der Waals surface area contributed by atoms with Crippen LogP contribution in [0.2, 0.25) is 0 Å². The summed E-state index contributed by atoms with van der Waals surface area (Å²) in [6, 6.07) is -0.374. The summed E-state index contributed by atoms with van der Waals surface area (Å²) < 4.78 is 10.6. The fourth-order valence-electron chi connectivity index (χ4n) is 2.49. The van der Waals surface area contributed by atoms with Crippen LogP contribution in [0.1, 0.15) is 19.3 Å². The van der Waals surface area contributed by atoms with Crippen molar-refractivity contribution in [1.82, 2.24) is 15.5 Å². The first-order valence-corrected chi connectivity index (χ1v) is 7.27. The van der Waals surface area contributed by atoms with Gasteiger partial charge < -0.3 is 25.0 Å². The van der Waals surface area contributed by atoms with Crippen LogP contribution in [0.5, 0.6) is 0 Å². The highest BCUT2D eigenvalue weighted by Crippen LogP contribution is 2.19. The molecule has 0 radical (unpaired) electrons. The molecule has 0 aromatic rings. The number of hydrogen-bond donors (Lipinski definition) is 2. The van der Waals surface area contributed by atoms with Gasteiger partial charge in [-0.15, -0.1) is 0 Å². The van der Waals surface area contributed by atoms with E-state index in [2.05, 4.69) is 10.6 Å². The first kappa shape index (κ1) is 13.6. The molecule has 3 amide bonds. The normalized spacial score (nSPS) is 30.1. The fourth-order valence-corrected chi connectivity index (χ4v) is 2.49. The fraction of sp³-hybridized carbons (Fsp3) is 0.846. The molecule has 7 nitrogen and oxygen atoms in total. The lowest BCUT2D eigenvalue weighted by Crippen LogP contribution is -2.59. The van der Waals surface area contributed by atoms with Crippen molar-refractivity contribution in [3.63, 3.8) is 0 Å². The van der Waals surface area contributed by atoms with Crippen molar-refractivity contribution < 1.29 is 19.1 Å². The van der Waals surface area contributed by atoms with Crippen molar-refractivity contribution in [2.45, 2.75) is 37.4 Å². The highest BCUT2D eigenvalue weighted by atomic mass is 16.5. The molecule has 2 atom stereocenters. The largest absolute Gasteiger partial charge is 0.379 e. The van der Waals surface area contributed by atoms with Gasteiger partial charge in [-0.2, -0.15) is 0 Å². The van der Waals surface area contributed by atoms with Gasteiger partial charge in [0.05, 0.1) is 25.9 Å². The predicted octanol–water partition coefficient (Wildman–Crippen LogP) is -0.536. The van der Waals surface area contributed by atoms with Crippen LogP contribution < -0.4 is 10.6 Å². The van der Waals surface area contributed by atoms with Gasteiger partial charge in [0, 0.05) is 19.2 Å². The number of ether oxygens (including phenoxy) is 2. The lowest BCUT2D eigenvalue weighted by Gasteiger charge is -2.35. The molecule has 7 heteroatoms. The second-order valence-electron chi connectivity index (χ2n) is 5.58. The van der Waals surface area contributed by atoms with E-state index in [0.29, 0.717) is 26.4 Å². The second-order valence-corrected chi connectivity index (χ2v) is 5.58. The van der Waals surface area contributed by atoms with E-state index in [9.17, 15) is 9.59 Å². The number of carbonyl (C=O) groups is 2. The highest BCUT2D eigenvalue weighted by Gasteiger charge is 2.36. The zero-order valence-corrected chi connectivity index (χ0v) is 11.5.